The average molecular weight is 240 g/mol. The van der Waals surface area contributed by atoms with Crippen LogP contribution in [0, 0.1) is 5.82 Å². The summed E-state index contributed by atoms with van der Waals surface area (Å²) < 4.78 is 18.3. The quantitative estimate of drug-likeness (QED) is 0.824. The van der Waals surface area contributed by atoms with Gasteiger partial charge >= 0.3 is 0 Å². The number of methoxy groups -OCH3 is 1. The zero-order chi connectivity index (χ0) is 12.8. The molecule has 0 saturated carbocycles. The van der Waals surface area contributed by atoms with Gasteiger partial charge in [0.25, 0.3) is 0 Å². The number of ether oxygens (including phenoxy) is 1. The summed E-state index contributed by atoms with van der Waals surface area (Å²) in [5.74, 6) is -0.218. The highest BCUT2D eigenvalue weighted by atomic mass is 19.1. The molecule has 0 aliphatic heterocycles. The van der Waals surface area contributed by atoms with E-state index in [0.717, 1.165) is 17.8 Å². The van der Waals surface area contributed by atoms with Gasteiger partial charge in [0.1, 0.15) is 5.82 Å². The van der Waals surface area contributed by atoms with Crippen molar-refractivity contribution in [1.82, 2.24) is 0 Å². The lowest BCUT2D eigenvalue weighted by Crippen LogP contribution is -2.25. The second-order valence-corrected chi connectivity index (χ2v) is 4.37. The van der Waals surface area contributed by atoms with Crippen LogP contribution in [0.3, 0.4) is 0 Å². The number of hydrogen-bond acceptors (Lipinski definition) is 3. The number of benzene rings is 1. The second-order valence-electron chi connectivity index (χ2n) is 4.37. The Kier molecular flexibility index (Phi) is 5.38. The lowest BCUT2D eigenvalue weighted by molar-refractivity contribution is 0.206. The zero-order valence-corrected chi connectivity index (χ0v) is 10.7. The highest BCUT2D eigenvalue weighted by molar-refractivity contribution is 5.53. The zero-order valence-electron chi connectivity index (χ0n) is 10.7. The minimum Gasteiger partial charge on any atom is -0.383 e. The van der Waals surface area contributed by atoms with Crippen molar-refractivity contribution in [3.05, 3.63) is 29.6 Å². The van der Waals surface area contributed by atoms with E-state index in [2.05, 4.69) is 4.90 Å². The summed E-state index contributed by atoms with van der Waals surface area (Å²) >= 11 is 0. The summed E-state index contributed by atoms with van der Waals surface area (Å²) in [6.07, 6.45) is 0.671. The molecule has 1 aromatic rings. The number of hydrogen-bond donors (Lipinski definition) is 1. The maximum atomic E-state index is 13.2. The average Bonchev–Trinajstić information content (AvgIpc) is 2.25. The number of nitrogens with two attached hydrogens (primary N) is 1. The molecule has 96 valence electrons. The van der Waals surface area contributed by atoms with Gasteiger partial charge in [0, 0.05) is 32.4 Å². The molecule has 0 saturated heterocycles. The van der Waals surface area contributed by atoms with Gasteiger partial charge in [0.2, 0.25) is 0 Å². The fraction of sp³-hybridized carbons (Fsp3) is 0.538. The maximum absolute atomic E-state index is 13.2. The normalized spacial score (nSPS) is 12.5. The van der Waals surface area contributed by atoms with Crippen molar-refractivity contribution in [3.63, 3.8) is 0 Å². The Morgan fingerprint density at radius 1 is 1.47 bits per heavy atom. The van der Waals surface area contributed by atoms with Crippen LogP contribution in [0.1, 0.15) is 12.5 Å². The largest absolute Gasteiger partial charge is 0.383 e. The number of anilines is 1. The molecule has 0 aliphatic rings. The summed E-state index contributed by atoms with van der Waals surface area (Å²) in [7, 11) is 3.64. The number of likely N-dealkylation sites (N-methyl/N-ethyl adjacent to an activating group) is 1. The Morgan fingerprint density at radius 2 is 2.18 bits per heavy atom. The third-order valence-corrected chi connectivity index (χ3v) is 2.63. The molecular formula is C13H21FN2O. The van der Waals surface area contributed by atoms with Crippen molar-refractivity contribution in [2.24, 2.45) is 5.73 Å². The van der Waals surface area contributed by atoms with Gasteiger partial charge in [-0.25, -0.2) is 4.39 Å². The van der Waals surface area contributed by atoms with Gasteiger partial charge in [-0.3, -0.25) is 0 Å². The van der Waals surface area contributed by atoms with Gasteiger partial charge in [-0.05, 0) is 37.1 Å². The van der Waals surface area contributed by atoms with Gasteiger partial charge in [-0.1, -0.05) is 0 Å². The maximum Gasteiger partial charge on any atom is 0.123 e. The fourth-order valence-electron chi connectivity index (χ4n) is 1.79. The SMILES string of the molecule is COCCN(C)c1ccc(F)cc1CC(C)N. The van der Waals surface area contributed by atoms with Crippen molar-refractivity contribution in [2.45, 2.75) is 19.4 Å². The Labute approximate surface area is 102 Å². The van der Waals surface area contributed by atoms with Gasteiger partial charge in [0.05, 0.1) is 6.61 Å². The lowest BCUT2D eigenvalue weighted by atomic mass is 10.0. The first-order valence-corrected chi connectivity index (χ1v) is 5.78. The molecule has 1 rings (SSSR count). The molecule has 3 nitrogen and oxygen atoms in total. The molecule has 0 aromatic heterocycles. The third kappa shape index (κ3) is 4.32. The van der Waals surface area contributed by atoms with Crippen LogP contribution in [0.4, 0.5) is 10.1 Å². The van der Waals surface area contributed by atoms with Crippen LogP contribution < -0.4 is 10.6 Å². The van der Waals surface area contributed by atoms with E-state index in [-0.39, 0.29) is 11.9 Å². The second kappa shape index (κ2) is 6.57. The van der Waals surface area contributed by atoms with Crippen molar-refractivity contribution < 1.29 is 9.13 Å². The third-order valence-electron chi connectivity index (χ3n) is 2.63. The summed E-state index contributed by atoms with van der Waals surface area (Å²) in [5, 5.41) is 0. The van der Waals surface area contributed by atoms with Crippen LogP contribution >= 0.6 is 0 Å². The standard InChI is InChI=1S/C13H21FN2O/c1-10(15)8-11-9-12(14)4-5-13(11)16(2)6-7-17-3/h4-5,9-10H,6-8,15H2,1-3H3. The highest BCUT2D eigenvalue weighted by Gasteiger charge is 2.10. The van der Waals surface area contributed by atoms with Gasteiger partial charge in [-0.2, -0.15) is 0 Å². The van der Waals surface area contributed by atoms with E-state index >= 15 is 0 Å². The van der Waals surface area contributed by atoms with Crippen LogP contribution in [0.5, 0.6) is 0 Å². The molecule has 4 heteroatoms. The van der Waals surface area contributed by atoms with Crippen molar-refractivity contribution in [1.29, 1.82) is 0 Å². The molecular weight excluding hydrogens is 219 g/mol. The Bertz CT molecular complexity index is 355. The first kappa shape index (κ1) is 13.9. The van der Waals surface area contributed by atoms with E-state index in [1.165, 1.54) is 6.07 Å². The van der Waals surface area contributed by atoms with E-state index < -0.39 is 0 Å². The molecule has 0 fully saturated rings. The van der Waals surface area contributed by atoms with Crippen molar-refractivity contribution >= 4 is 5.69 Å². The molecule has 0 aliphatic carbocycles. The Hall–Kier alpha value is -1.13. The Morgan fingerprint density at radius 3 is 2.76 bits per heavy atom. The predicted octanol–water partition coefficient (Wildman–Crippen LogP) is 1.80. The minimum absolute atomic E-state index is 0.0198. The molecule has 0 amide bonds. The molecule has 0 heterocycles. The topological polar surface area (TPSA) is 38.5 Å². The number of rotatable bonds is 6. The fourth-order valence-corrected chi connectivity index (χ4v) is 1.79. The lowest BCUT2D eigenvalue weighted by Gasteiger charge is -2.23. The summed E-state index contributed by atoms with van der Waals surface area (Å²) in [4.78, 5) is 2.06. The summed E-state index contributed by atoms with van der Waals surface area (Å²) in [6.45, 7) is 3.34. The molecule has 0 radical (unpaired) electrons. The first-order valence-electron chi connectivity index (χ1n) is 5.78. The molecule has 0 bridgehead atoms. The van der Waals surface area contributed by atoms with Crippen LogP contribution in [-0.4, -0.2) is 33.4 Å². The van der Waals surface area contributed by atoms with Crippen LogP contribution in [-0.2, 0) is 11.2 Å². The van der Waals surface area contributed by atoms with Crippen LogP contribution in [0.25, 0.3) is 0 Å². The molecule has 2 N–H and O–H groups in total. The molecule has 1 unspecified atom stereocenters. The molecule has 1 atom stereocenters. The monoisotopic (exact) mass is 240 g/mol. The van der Waals surface area contributed by atoms with E-state index in [4.69, 9.17) is 10.5 Å². The highest BCUT2D eigenvalue weighted by Crippen LogP contribution is 2.21. The molecule has 0 spiro atoms. The number of nitrogens with zero attached hydrogens (tertiary/aromatic N) is 1. The van der Waals surface area contributed by atoms with E-state index in [1.54, 1.807) is 19.2 Å². The summed E-state index contributed by atoms with van der Waals surface area (Å²) in [5.41, 5.74) is 7.74. The molecule has 1 aromatic carbocycles. The smallest absolute Gasteiger partial charge is 0.123 e. The van der Waals surface area contributed by atoms with Crippen molar-refractivity contribution in [2.75, 3.05) is 32.2 Å². The minimum atomic E-state index is -0.218. The Balaban J connectivity index is 2.88. The van der Waals surface area contributed by atoms with E-state index in [1.807, 2.05) is 14.0 Å². The van der Waals surface area contributed by atoms with E-state index in [0.29, 0.717) is 13.0 Å². The van der Waals surface area contributed by atoms with Crippen LogP contribution in [0.2, 0.25) is 0 Å². The van der Waals surface area contributed by atoms with Crippen molar-refractivity contribution in [3.8, 4) is 0 Å². The van der Waals surface area contributed by atoms with E-state index in [9.17, 15) is 4.39 Å². The number of halogens is 1. The van der Waals surface area contributed by atoms with Crippen LogP contribution in [0.15, 0.2) is 18.2 Å². The molecule has 17 heavy (non-hydrogen) atoms. The van der Waals surface area contributed by atoms with Gasteiger partial charge < -0.3 is 15.4 Å². The van der Waals surface area contributed by atoms with Gasteiger partial charge in [0.15, 0.2) is 0 Å². The van der Waals surface area contributed by atoms with Gasteiger partial charge in [-0.15, -0.1) is 0 Å². The first-order chi connectivity index (χ1) is 8.04. The predicted molar refractivity (Wildman–Crippen MR) is 68.9 cm³/mol. The summed E-state index contributed by atoms with van der Waals surface area (Å²) in [6, 6.07) is 4.85.